The van der Waals surface area contributed by atoms with Gasteiger partial charge in [-0.05, 0) is 32.9 Å². The van der Waals surface area contributed by atoms with Crippen LogP contribution in [-0.2, 0) is 9.53 Å². The van der Waals surface area contributed by atoms with E-state index in [9.17, 15) is 9.18 Å². The Morgan fingerprint density at radius 2 is 2.06 bits per heavy atom. The lowest BCUT2D eigenvalue weighted by atomic mass is 10.2. The molecule has 0 aromatic heterocycles. The number of carbonyl (C=O) groups excluding carboxylic acids is 1. The minimum atomic E-state index is -0.504. The van der Waals surface area contributed by atoms with Crippen molar-refractivity contribution in [3.63, 3.8) is 0 Å². The van der Waals surface area contributed by atoms with Crippen LogP contribution in [0.5, 0.6) is 5.75 Å². The molecule has 0 spiro atoms. The molecule has 100 valence electrons. The molecule has 0 heterocycles. The van der Waals surface area contributed by atoms with Gasteiger partial charge < -0.3 is 9.47 Å². The number of carbonyl (C=O) groups is 1. The maximum atomic E-state index is 12.9. The fourth-order valence-electron chi connectivity index (χ4n) is 1.21. The standard InChI is InChI=1S/C13H16ClFO3/c1-13(2,3)18-12(16)6-7-17-9-4-5-11(15)10(14)8-9/h4-5,8H,6-7H2,1-3H3. The first kappa shape index (κ1) is 14.8. The summed E-state index contributed by atoms with van der Waals surface area (Å²) in [5, 5.41) is -0.00947. The molecule has 0 atom stereocenters. The number of benzene rings is 1. The summed E-state index contributed by atoms with van der Waals surface area (Å²) in [6.45, 7) is 5.55. The van der Waals surface area contributed by atoms with Gasteiger partial charge in [-0.15, -0.1) is 0 Å². The van der Waals surface area contributed by atoms with Crippen LogP contribution in [0.3, 0.4) is 0 Å². The van der Waals surface area contributed by atoms with Crippen LogP contribution >= 0.6 is 11.6 Å². The van der Waals surface area contributed by atoms with Gasteiger partial charge >= 0.3 is 5.97 Å². The summed E-state index contributed by atoms with van der Waals surface area (Å²) in [6.07, 6.45) is 0.131. The van der Waals surface area contributed by atoms with Gasteiger partial charge in [-0.2, -0.15) is 0 Å². The molecule has 0 fully saturated rings. The minimum absolute atomic E-state index is 0.00947. The Morgan fingerprint density at radius 1 is 1.39 bits per heavy atom. The summed E-state index contributed by atoms with van der Waals surface area (Å²) in [7, 11) is 0. The quantitative estimate of drug-likeness (QED) is 0.787. The number of hydrogen-bond acceptors (Lipinski definition) is 3. The lowest BCUT2D eigenvalue weighted by molar-refractivity contribution is -0.155. The first-order valence-corrected chi connectivity index (χ1v) is 5.95. The largest absolute Gasteiger partial charge is 0.493 e. The Morgan fingerprint density at radius 3 is 2.61 bits per heavy atom. The number of ether oxygens (including phenoxy) is 2. The molecule has 1 rings (SSSR count). The van der Waals surface area contributed by atoms with Crippen LogP contribution in [0.1, 0.15) is 27.2 Å². The van der Waals surface area contributed by atoms with Crippen molar-refractivity contribution in [1.29, 1.82) is 0 Å². The topological polar surface area (TPSA) is 35.5 Å². The second kappa shape index (κ2) is 6.05. The SMILES string of the molecule is CC(C)(C)OC(=O)CCOc1ccc(F)c(Cl)c1. The van der Waals surface area contributed by atoms with Crippen molar-refractivity contribution >= 4 is 17.6 Å². The first-order chi connectivity index (χ1) is 8.28. The van der Waals surface area contributed by atoms with Gasteiger partial charge in [-0.1, -0.05) is 11.6 Å². The highest BCUT2D eigenvalue weighted by Crippen LogP contribution is 2.21. The van der Waals surface area contributed by atoms with Crippen molar-refractivity contribution in [2.24, 2.45) is 0 Å². The van der Waals surface area contributed by atoms with Crippen molar-refractivity contribution < 1.29 is 18.7 Å². The lowest BCUT2D eigenvalue weighted by Crippen LogP contribution is -2.24. The molecule has 0 aliphatic rings. The Bertz CT molecular complexity index is 427. The molecule has 0 amide bonds. The summed E-state index contributed by atoms with van der Waals surface area (Å²) in [5.74, 6) is -0.420. The molecule has 0 saturated carbocycles. The average Bonchev–Trinajstić information content (AvgIpc) is 2.20. The van der Waals surface area contributed by atoms with E-state index in [2.05, 4.69) is 0 Å². The molecule has 0 aliphatic heterocycles. The number of rotatable bonds is 4. The van der Waals surface area contributed by atoms with Crippen molar-refractivity contribution in [3.8, 4) is 5.75 Å². The Hall–Kier alpha value is -1.29. The van der Waals surface area contributed by atoms with Crippen LogP contribution in [-0.4, -0.2) is 18.2 Å². The molecule has 3 nitrogen and oxygen atoms in total. The van der Waals surface area contributed by atoms with E-state index in [1.165, 1.54) is 18.2 Å². The van der Waals surface area contributed by atoms with Gasteiger partial charge in [-0.25, -0.2) is 4.39 Å². The third kappa shape index (κ3) is 5.36. The van der Waals surface area contributed by atoms with Crippen LogP contribution in [0.4, 0.5) is 4.39 Å². The van der Waals surface area contributed by atoms with Crippen molar-refractivity contribution in [2.45, 2.75) is 32.8 Å². The molecule has 0 saturated heterocycles. The highest BCUT2D eigenvalue weighted by Gasteiger charge is 2.15. The van der Waals surface area contributed by atoms with Gasteiger partial charge in [0.25, 0.3) is 0 Å². The maximum Gasteiger partial charge on any atom is 0.309 e. The number of hydrogen-bond donors (Lipinski definition) is 0. The van der Waals surface area contributed by atoms with E-state index in [1.54, 1.807) is 20.8 Å². The van der Waals surface area contributed by atoms with E-state index in [0.29, 0.717) is 5.75 Å². The highest BCUT2D eigenvalue weighted by molar-refractivity contribution is 6.30. The van der Waals surface area contributed by atoms with Crippen LogP contribution < -0.4 is 4.74 Å². The average molecular weight is 275 g/mol. The second-order valence-corrected chi connectivity index (χ2v) is 5.17. The molecule has 0 N–H and O–H groups in total. The van der Waals surface area contributed by atoms with Crippen LogP contribution in [0.25, 0.3) is 0 Å². The molecular weight excluding hydrogens is 259 g/mol. The lowest BCUT2D eigenvalue weighted by Gasteiger charge is -2.19. The number of esters is 1. The molecule has 1 aromatic rings. The molecule has 0 unspecified atom stereocenters. The molecule has 1 aromatic carbocycles. The molecule has 0 radical (unpaired) electrons. The molecular formula is C13H16ClFO3. The Kier molecular flexibility index (Phi) is 4.96. The Balaban J connectivity index is 2.38. The van der Waals surface area contributed by atoms with E-state index in [0.717, 1.165) is 0 Å². The zero-order chi connectivity index (χ0) is 13.8. The molecule has 5 heteroatoms. The third-order valence-electron chi connectivity index (χ3n) is 1.89. The predicted octanol–water partition coefficient (Wildman–Crippen LogP) is 3.59. The minimum Gasteiger partial charge on any atom is -0.493 e. The van der Waals surface area contributed by atoms with Crippen molar-refractivity contribution in [2.75, 3.05) is 6.61 Å². The third-order valence-corrected chi connectivity index (χ3v) is 2.18. The van der Waals surface area contributed by atoms with E-state index in [4.69, 9.17) is 21.1 Å². The smallest absolute Gasteiger partial charge is 0.309 e. The normalized spacial score (nSPS) is 11.2. The first-order valence-electron chi connectivity index (χ1n) is 5.57. The summed E-state index contributed by atoms with van der Waals surface area (Å²) in [6, 6.07) is 4.04. The fraction of sp³-hybridized carbons (Fsp3) is 0.462. The van der Waals surface area contributed by atoms with Gasteiger partial charge in [0, 0.05) is 6.07 Å². The van der Waals surface area contributed by atoms with E-state index in [-0.39, 0.29) is 24.0 Å². The summed E-state index contributed by atoms with van der Waals surface area (Å²) >= 11 is 5.60. The molecule has 0 bridgehead atoms. The van der Waals surface area contributed by atoms with E-state index < -0.39 is 11.4 Å². The van der Waals surface area contributed by atoms with Crippen molar-refractivity contribution in [1.82, 2.24) is 0 Å². The van der Waals surface area contributed by atoms with Crippen molar-refractivity contribution in [3.05, 3.63) is 29.0 Å². The maximum absolute atomic E-state index is 12.9. The summed E-state index contributed by atoms with van der Waals surface area (Å²) in [5.41, 5.74) is -0.504. The summed E-state index contributed by atoms with van der Waals surface area (Å²) < 4.78 is 23.3. The van der Waals surface area contributed by atoms with E-state index >= 15 is 0 Å². The molecule has 0 aliphatic carbocycles. The van der Waals surface area contributed by atoms with Gasteiger partial charge in [-0.3, -0.25) is 4.79 Å². The highest BCUT2D eigenvalue weighted by atomic mass is 35.5. The molecule has 18 heavy (non-hydrogen) atoms. The van der Waals surface area contributed by atoms with Crippen LogP contribution in [0.2, 0.25) is 5.02 Å². The summed E-state index contributed by atoms with van der Waals surface area (Å²) in [4.78, 5) is 11.4. The second-order valence-electron chi connectivity index (χ2n) is 4.76. The van der Waals surface area contributed by atoms with Crippen LogP contribution in [0, 0.1) is 5.82 Å². The van der Waals surface area contributed by atoms with Gasteiger partial charge in [0.1, 0.15) is 17.2 Å². The predicted molar refractivity (Wildman–Crippen MR) is 67.4 cm³/mol. The zero-order valence-corrected chi connectivity index (χ0v) is 11.4. The fourth-order valence-corrected chi connectivity index (χ4v) is 1.38. The number of halogens is 2. The van der Waals surface area contributed by atoms with Gasteiger partial charge in [0.15, 0.2) is 0 Å². The van der Waals surface area contributed by atoms with Gasteiger partial charge in [0.05, 0.1) is 18.1 Å². The zero-order valence-electron chi connectivity index (χ0n) is 10.6. The van der Waals surface area contributed by atoms with Gasteiger partial charge in [0.2, 0.25) is 0 Å². The van der Waals surface area contributed by atoms with Crippen LogP contribution in [0.15, 0.2) is 18.2 Å². The Labute approximate surface area is 111 Å². The monoisotopic (exact) mass is 274 g/mol. The van der Waals surface area contributed by atoms with E-state index in [1.807, 2.05) is 0 Å².